The summed E-state index contributed by atoms with van der Waals surface area (Å²) in [5.74, 6) is 0.253. The normalized spacial score (nSPS) is 11.8. The fourth-order valence-corrected chi connectivity index (χ4v) is 2.37. The predicted molar refractivity (Wildman–Crippen MR) is 80.3 cm³/mol. The maximum absolute atomic E-state index is 11.7. The topological polar surface area (TPSA) is 92.4 Å². The van der Waals surface area contributed by atoms with Crippen molar-refractivity contribution in [3.05, 3.63) is 35.9 Å². The van der Waals surface area contributed by atoms with E-state index in [2.05, 4.69) is 5.32 Å². The molecule has 0 aliphatic carbocycles. The van der Waals surface area contributed by atoms with Crippen LogP contribution in [0, 0.1) is 0 Å². The minimum atomic E-state index is -0.382. The molecule has 0 fully saturated rings. The van der Waals surface area contributed by atoms with Crippen LogP contribution in [0.2, 0.25) is 0 Å². The second kappa shape index (κ2) is 9.39. The number of nitrogens with two attached hydrogens (primary N) is 1. The molecule has 0 heterocycles. The molecule has 1 aromatic carbocycles. The van der Waals surface area contributed by atoms with Crippen LogP contribution in [-0.2, 0) is 16.0 Å². The lowest BCUT2D eigenvalue weighted by Gasteiger charge is -2.16. The number of thioether (sulfide) groups is 1. The van der Waals surface area contributed by atoms with E-state index in [0.717, 1.165) is 5.56 Å². The average Bonchev–Trinajstić information content (AvgIpc) is 2.44. The van der Waals surface area contributed by atoms with Gasteiger partial charge in [0.2, 0.25) is 11.8 Å². The molecule has 0 aromatic heterocycles. The van der Waals surface area contributed by atoms with Crippen LogP contribution in [-0.4, -0.2) is 41.1 Å². The molecule has 110 valence electrons. The molecular formula is C14H20N2O3S. The van der Waals surface area contributed by atoms with Gasteiger partial charge in [-0.2, -0.15) is 11.8 Å². The molecule has 0 spiro atoms. The van der Waals surface area contributed by atoms with Gasteiger partial charge in [0.05, 0.1) is 18.4 Å². The summed E-state index contributed by atoms with van der Waals surface area (Å²) >= 11 is 1.33. The van der Waals surface area contributed by atoms with Crippen molar-refractivity contribution in [2.24, 2.45) is 5.73 Å². The number of nitrogens with one attached hydrogen (secondary N) is 1. The minimum Gasteiger partial charge on any atom is -0.394 e. The van der Waals surface area contributed by atoms with Gasteiger partial charge >= 0.3 is 0 Å². The van der Waals surface area contributed by atoms with Gasteiger partial charge in [0.25, 0.3) is 0 Å². The number of aliphatic hydroxyl groups is 1. The predicted octanol–water partition coefficient (Wildman–Crippen LogP) is 0.315. The highest BCUT2D eigenvalue weighted by molar-refractivity contribution is 7.99. The molecule has 0 bridgehead atoms. The molecule has 20 heavy (non-hydrogen) atoms. The Bertz CT molecular complexity index is 426. The molecule has 1 unspecified atom stereocenters. The lowest BCUT2D eigenvalue weighted by Crippen LogP contribution is -2.39. The first-order valence-corrected chi connectivity index (χ1v) is 7.57. The largest absolute Gasteiger partial charge is 0.394 e. The van der Waals surface area contributed by atoms with Crippen LogP contribution in [0.5, 0.6) is 0 Å². The highest BCUT2D eigenvalue weighted by atomic mass is 32.2. The fourth-order valence-electron chi connectivity index (χ4n) is 1.70. The van der Waals surface area contributed by atoms with E-state index in [0.29, 0.717) is 18.6 Å². The molecule has 0 saturated heterocycles. The number of aliphatic hydroxyl groups excluding tert-OH is 1. The fraction of sp³-hybridized carbons (Fsp3) is 0.429. The Morgan fingerprint density at radius 1 is 1.30 bits per heavy atom. The van der Waals surface area contributed by atoms with Crippen molar-refractivity contribution in [3.63, 3.8) is 0 Å². The van der Waals surface area contributed by atoms with Crippen molar-refractivity contribution in [1.29, 1.82) is 0 Å². The lowest BCUT2D eigenvalue weighted by molar-refractivity contribution is -0.121. The molecule has 5 nitrogen and oxygen atoms in total. The molecule has 6 heteroatoms. The zero-order chi connectivity index (χ0) is 14.8. The van der Waals surface area contributed by atoms with Gasteiger partial charge in [-0.1, -0.05) is 30.3 Å². The number of hydrogen-bond donors (Lipinski definition) is 3. The number of carbonyl (C=O) groups is 2. The third-order valence-corrected chi connectivity index (χ3v) is 3.61. The maximum Gasteiger partial charge on any atom is 0.227 e. The average molecular weight is 296 g/mol. The summed E-state index contributed by atoms with van der Waals surface area (Å²) in [4.78, 5) is 22.2. The van der Waals surface area contributed by atoms with Crippen LogP contribution >= 0.6 is 11.8 Å². The number of primary amides is 1. The summed E-state index contributed by atoms with van der Waals surface area (Å²) in [5, 5.41) is 12.1. The van der Waals surface area contributed by atoms with Gasteiger partial charge in [0.15, 0.2) is 0 Å². The summed E-state index contributed by atoms with van der Waals surface area (Å²) in [6.07, 6.45) is 0.904. The van der Waals surface area contributed by atoms with Crippen molar-refractivity contribution in [1.82, 2.24) is 5.32 Å². The van der Waals surface area contributed by atoms with Crippen molar-refractivity contribution in [2.45, 2.75) is 18.9 Å². The van der Waals surface area contributed by atoms with Crippen molar-refractivity contribution in [3.8, 4) is 0 Å². The van der Waals surface area contributed by atoms with Gasteiger partial charge in [0.1, 0.15) is 0 Å². The van der Waals surface area contributed by atoms with E-state index in [9.17, 15) is 14.7 Å². The zero-order valence-corrected chi connectivity index (χ0v) is 12.1. The molecule has 1 rings (SSSR count). The summed E-state index contributed by atoms with van der Waals surface area (Å²) in [7, 11) is 0. The van der Waals surface area contributed by atoms with Crippen LogP contribution in [0.1, 0.15) is 12.0 Å². The standard InChI is InChI=1S/C14H20N2O3S/c15-13(18)10-20-7-6-14(19)16-12(9-17)8-11-4-2-1-3-5-11/h1-5,12,17H,6-10H2,(H2,15,18)(H,16,19). The summed E-state index contributed by atoms with van der Waals surface area (Å²) in [5.41, 5.74) is 6.07. The Morgan fingerprint density at radius 3 is 2.60 bits per heavy atom. The highest BCUT2D eigenvalue weighted by Crippen LogP contribution is 2.05. The van der Waals surface area contributed by atoms with Gasteiger partial charge < -0.3 is 16.2 Å². The SMILES string of the molecule is NC(=O)CSCCC(=O)NC(CO)Cc1ccccc1. The van der Waals surface area contributed by atoms with E-state index < -0.39 is 0 Å². The number of amides is 2. The molecule has 4 N–H and O–H groups in total. The Kier molecular flexibility index (Phi) is 7.75. The monoisotopic (exact) mass is 296 g/mol. The van der Waals surface area contributed by atoms with Gasteiger partial charge in [0, 0.05) is 12.2 Å². The van der Waals surface area contributed by atoms with E-state index >= 15 is 0 Å². The lowest BCUT2D eigenvalue weighted by atomic mass is 10.1. The van der Waals surface area contributed by atoms with E-state index in [1.165, 1.54) is 11.8 Å². The quantitative estimate of drug-likeness (QED) is 0.572. The second-order valence-corrected chi connectivity index (χ2v) is 5.51. The van der Waals surface area contributed by atoms with Crippen LogP contribution in [0.4, 0.5) is 0 Å². The first kappa shape index (κ1) is 16.5. The Hall–Kier alpha value is -1.53. The first-order chi connectivity index (χ1) is 9.61. The van der Waals surface area contributed by atoms with Gasteiger partial charge in [-0.05, 0) is 12.0 Å². The van der Waals surface area contributed by atoms with Crippen molar-refractivity contribution < 1.29 is 14.7 Å². The Morgan fingerprint density at radius 2 is 2.00 bits per heavy atom. The molecule has 1 atom stereocenters. The smallest absolute Gasteiger partial charge is 0.227 e. The van der Waals surface area contributed by atoms with Crippen LogP contribution in [0.15, 0.2) is 30.3 Å². The van der Waals surface area contributed by atoms with Crippen molar-refractivity contribution in [2.75, 3.05) is 18.1 Å². The minimum absolute atomic E-state index is 0.102. The molecular weight excluding hydrogens is 276 g/mol. The number of rotatable bonds is 9. The summed E-state index contributed by atoms with van der Waals surface area (Å²) < 4.78 is 0. The number of hydrogen-bond acceptors (Lipinski definition) is 4. The molecule has 0 aliphatic rings. The highest BCUT2D eigenvalue weighted by Gasteiger charge is 2.12. The zero-order valence-electron chi connectivity index (χ0n) is 11.2. The third kappa shape index (κ3) is 7.16. The second-order valence-electron chi connectivity index (χ2n) is 4.41. The van der Waals surface area contributed by atoms with Crippen LogP contribution < -0.4 is 11.1 Å². The van der Waals surface area contributed by atoms with E-state index in [-0.39, 0.29) is 30.2 Å². The third-order valence-electron chi connectivity index (χ3n) is 2.63. The molecule has 0 aliphatic heterocycles. The number of benzene rings is 1. The molecule has 2 amide bonds. The Balaban J connectivity index is 2.29. The van der Waals surface area contributed by atoms with Gasteiger partial charge in [-0.3, -0.25) is 9.59 Å². The molecule has 1 aromatic rings. The van der Waals surface area contributed by atoms with Crippen LogP contribution in [0.3, 0.4) is 0 Å². The first-order valence-electron chi connectivity index (χ1n) is 6.42. The number of carbonyl (C=O) groups excluding carboxylic acids is 2. The molecule has 0 radical (unpaired) electrons. The van der Waals surface area contributed by atoms with Gasteiger partial charge in [-0.25, -0.2) is 0 Å². The van der Waals surface area contributed by atoms with E-state index in [1.807, 2.05) is 30.3 Å². The maximum atomic E-state index is 11.7. The van der Waals surface area contributed by atoms with Crippen molar-refractivity contribution >= 4 is 23.6 Å². The van der Waals surface area contributed by atoms with E-state index in [1.54, 1.807) is 0 Å². The van der Waals surface area contributed by atoms with Gasteiger partial charge in [-0.15, -0.1) is 0 Å². The summed E-state index contributed by atoms with van der Waals surface area (Å²) in [6, 6.07) is 9.39. The Labute approximate surface area is 122 Å². The summed E-state index contributed by atoms with van der Waals surface area (Å²) in [6.45, 7) is -0.102. The van der Waals surface area contributed by atoms with E-state index in [4.69, 9.17) is 5.73 Å². The molecule has 0 saturated carbocycles. The van der Waals surface area contributed by atoms with Crippen LogP contribution in [0.25, 0.3) is 0 Å².